The van der Waals surface area contributed by atoms with Gasteiger partial charge < -0.3 is 15.2 Å². The molecule has 0 saturated carbocycles. The van der Waals surface area contributed by atoms with Crippen molar-refractivity contribution < 1.29 is 9.32 Å². The van der Waals surface area contributed by atoms with Crippen molar-refractivity contribution in [3.63, 3.8) is 0 Å². The van der Waals surface area contributed by atoms with Gasteiger partial charge in [0, 0.05) is 25.0 Å². The van der Waals surface area contributed by atoms with Gasteiger partial charge in [0.1, 0.15) is 5.76 Å². The summed E-state index contributed by atoms with van der Waals surface area (Å²) >= 11 is 0. The fraction of sp³-hybridized carbons (Fsp3) is 0.176. The fourth-order valence-electron chi connectivity index (χ4n) is 2.11. The first kappa shape index (κ1) is 15.7. The molecule has 2 N–H and O–H groups in total. The van der Waals surface area contributed by atoms with Gasteiger partial charge in [-0.05, 0) is 18.9 Å². The van der Waals surface area contributed by atoms with Gasteiger partial charge in [0.2, 0.25) is 5.95 Å². The number of anilines is 2. The molecule has 0 radical (unpaired) electrons. The summed E-state index contributed by atoms with van der Waals surface area (Å²) in [6.45, 7) is 2.47. The van der Waals surface area contributed by atoms with E-state index in [4.69, 9.17) is 4.52 Å². The zero-order valence-corrected chi connectivity index (χ0v) is 13.2. The minimum Gasteiger partial charge on any atom is -0.360 e. The number of aromatic nitrogens is 3. The molecule has 3 rings (SSSR count). The highest BCUT2D eigenvalue weighted by Crippen LogP contribution is 2.09. The Morgan fingerprint density at radius 1 is 1.17 bits per heavy atom. The van der Waals surface area contributed by atoms with Crippen LogP contribution in [0.15, 0.2) is 53.3 Å². The van der Waals surface area contributed by atoms with E-state index in [2.05, 4.69) is 37.9 Å². The van der Waals surface area contributed by atoms with Gasteiger partial charge in [-0.15, -0.1) is 0 Å². The quantitative estimate of drug-likeness (QED) is 0.724. The van der Waals surface area contributed by atoms with Crippen molar-refractivity contribution in [3.05, 3.63) is 65.7 Å². The number of rotatable bonds is 6. The molecule has 122 valence electrons. The van der Waals surface area contributed by atoms with Gasteiger partial charge in [-0.2, -0.15) is 0 Å². The Kier molecular flexibility index (Phi) is 4.81. The van der Waals surface area contributed by atoms with Gasteiger partial charge in [-0.25, -0.2) is 9.97 Å². The van der Waals surface area contributed by atoms with Crippen LogP contribution < -0.4 is 10.6 Å². The highest BCUT2D eigenvalue weighted by molar-refractivity contribution is 6.03. The summed E-state index contributed by atoms with van der Waals surface area (Å²) < 4.78 is 4.90. The second-order valence-electron chi connectivity index (χ2n) is 5.23. The van der Waals surface area contributed by atoms with E-state index in [1.54, 1.807) is 13.0 Å². The lowest BCUT2D eigenvalue weighted by molar-refractivity contribution is 0.102. The summed E-state index contributed by atoms with van der Waals surface area (Å²) in [5.74, 6) is 1.14. The number of carbonyl (C=O) groups is 1. The minimum absolute atomic E-state index is 0.334. The molecule has 2 heterocycles. The van der Waals surface area contributed by atoms with Gasteiger partial charge >= 0.3 is 0 Å². The summed E-state index contributed by atoms with van der Waals surface area (Å²) in [6.07, 6.45) is 3.82. The molecule has 0 atom stereocenters. The SMILES string of the molecule is Cc1cc(NC(=O)c2cnc(NCCc3ccccc3)nc2)no1. The van der Waals surface area contributed by atoms with Crippen LogP contribution in [0.1, 0.15) is 21.7 Å². The molecule has 24 heavy (non-hydrogen) atoms. The standard InChI is InChI=1S/C17H17N5O2/c1-12-9-15(22-24-12)21-16(23)14-10-19-17(20-11-14)18-8-7-13-5-3-2-4-6-13/h2-6,9-11H,7-8H2,1H3,(H,18,19,20)(H,21,22,23). The maximum absolute atomic E-state index is 12.0. The van der Waals surface area contributed by atoms with Crippen LogP contribution in [0.3, 0.4) is 0 Å². The lowest BCUT2D eigenvalue weighted by Crippen LogP contribution is -2.14. The van der Waals surface area contributed by atoms with E-state index in [-0.39, 0.29) is 5.91 Å². The molecule has 0 bridgehead atoms. The molecule has 0 saturated heterocycles. The number of hydrogen-bond donors (Lipinski definition) is 2. The number of nitrogens with zero attached hydrogens (tertiary/aromatic N) is 3. The molecular weight excluding hydrogens is 306 g/mol. The number of nitrogens with one attached hydrogen (secondary N) is 2. The molecule has 0 aliphatic rings. The van der Waals surface area contributed by atoms with Crippen molar-refractivity contribution in [1.82, 2.24) is 15.1 Å². The highest BCUT2D eigenvalue weighted by atomic mass is 16.5. The van der Waals surface area contributed by atoms with Crippen LogP contribution in [0.2, 0.25) is 0 Å². The topological polar surface area (TPSA) is 92.9 Å². The highest BCUT2D eigenvalue weighted by Gasteiger charge is 2.10. The van der Waals surface area contributed by atoms with Crippen molar-refractivity contribution in [2.45, 2.75) is 13.3 Å². The third-order valence-corrected chi connectivity index (χ3v) is 3.32. The molecule has 3 aromatic rings. The lowest BCUT2D eigenvalue weighted by atomic mass is 10.1. The van der Waals surface area contributed by atoms with E-state index >= 15 is 0 Å². The van der Waals surface area contributed by atoms with Crippen LogP contribution in [-0.2, 0) is 6.42 Å². The van der Waals surface area contributed by atoms with Crippen LogP contribution in [0, 0.1) is 6.92 Å². The zero-order chi connectivity index (χ0) is 16.8. The smallest absolute Gasteiger partial charge is 0.260 e. The summed E-state index contributed by atoms with van der Waals surface area (Å²) in [7, 11) is 0. The van der Waals surface area contributed by atoms with Crippen molar-refractivity contribution in [3.8, 4) is 0 Å². The normalized spacial score (nSPS) is 10.4. The van der Waals surface area contributed by atoms with E-state index in [1.807, 2.05) is 18.2 Å². The van der Waals surface area contributed by atoms with Crippen LogP contribution in [0.4, 0.5) is 11.8 Å². The number of benzene rings is 1. The molecule has 7 heteroatoms. The van der Waals surface area contributed by atoms with Gasteiger partial charge in [0.25, 0.3) is 5.91 Å². The summed E-state index contributed by atoms with van der Waals surface area (Å²) in [6, 6.07) is 11.8. The van der Waals surface area contributed by atoms with Crippen molar-refractivity contribution in [2.75, 3.05) is 17.2 Å². The average molecular weight is 323 g/mol. The van der Waals surface area contributed by atoms with Crippen LogP contribution >= 0.6 is 0 Å². The Balaban J connectivity index is 1.52. The monoisotopic (exact) mass is 323 g/mol. The van der Waals surface area contributed by atoms with E-state index in [0.29, 0.717) is 29.6 Å². The Bertz CT molecular complexity index is 799. The third-order valence-electron chi connectivity index (χ3n) is 3.32. The number of carbonyl (C=O) groups excluding carboxylic acids is 1. The number of amides is 1. The molecule has 1 aromatic carbocycles. The summed E-state index contributed by atoms with van der Waals surface area (Å²) in [5, 5.41) is 9.46. The van der Waals surface area contributed by atoms with E-state index in [0.717, 1.165) is 6.42 Å². The van der Waals surface area contributed by atoms with E-state index in [1.165, 1.54) is 18.0 Å². The maximum Gasteiger partial charge on any atom is 0.260 e. The largest absolute Gasteiger partial charge is 0.360 e. The molecular formula is C17H17N5O2. The molecule has 0 aliphatic heterocycles. The van der Waals surface area contributed by atoms with Gasteiger partial charge in [-0.1, -0.05) is 35.5 Å². The first-order chi connectivity index (χ1) is 11.7. The predicted molar refractivity (Wildman–Crippen MR) is 89.9 cm³/mol. The molecule has 0 spiro atoms. The fourth-order valence-corrected chi connectivity index (χ4v) is 2.11. The molecule has 1 amide bonds. The average Bonchev–Trinajstić information content (AvgIpc) is 3.01. The minimum atomic E-state index is -0.334. The van der Waals surface area contributed by atoms with Crippen molar-refractivity contribution in [1.29, 1.82) is 0 Å². The van der Waals surface area contributed by atoms with E-state index < -0.39 is 0 Å². The first-order valence-corrected chi connectivity index (χ1v) is 7.55. The molecule has 7 nitrogen and oxygen atoms in total. The third kappa shape index (κ3) is 4.16. The first-order valence-electron chi connectivity index (χ1n) is 7.55. The Hall–Kier alpha value is -3.22. The van der Waals surface area contributed by atoms with Gasteiger partial charge in [0.05, 0.1) is 5.56 Å². The summed E-state index contributed by atoms with van der Waals surface area (Å²) in [4.78, 5) is 20.3. The predicted octanol–water partition coefficient (Wildman–Crippen LogP) is 2.68. The van der Waals surface area contributed by atoms with Gasteiger partial charge in [0.15, 0.2) is 5.82 Å². The van der Waals surface area contributed by atoms with Crippen molar-refractivity contribution in [2.24, 2.45) is 0 Å². The van der Waals surface area contributed by atoms with Crippen LogP contribution in [0.5, 0.6) is 0 Å². The molecule has 0 aliphatic carbocycles. The molecule has 2 aromatic heterocycles. The Morgan fingerprint density at radius 2 is 1.92 bits per heavy atom. The second kappa shape index (κ2) is 7.36. The summed E-state index contributed by atoms with van der Waals surface area (Å²) in [5.41, 5.74) is 1.59. The van der Waals surface area contributed by atoms with Crippen LogP contribution in [-0.4, -0.2) is 27.6 Å². The maximum atomic E-state index is 12.0. The van der Waals surface area contributed by atoms with Gasteiger partial charge in [-0.3, -0.25) is 4.79 Å². The van der Waals surface area contributed by atoms with E-state index in [9.17, 15) is 4.79 Å². The zero-order valence-electron chi connectivity index (χ0n) is 13.2. The lowest BCUT2D eigenvalue weighted by Gasteiger charge is -2.05. The van der Waals surface area contributed by atoms with Crippen LogP contribution in [0.25, 0.3) is 0 Å². The Morgan fingerprint density at radius 3 is 2.58 bits per heavy atom. The number of hydrogen-bond acceptors (Lipinski definition) is 6. The molecule has 0 fully saturated rings. The van der Waals surface area contributed by atoms with Crippen molar-refractivity contribution >= 4 is 17.7 Å². The number of aryl methyl sites for hydroxylation is 1. The second-order valence-corrected chi connectivity index (χ2v) is 5.23. The molecule has 0 unspecified atom stereocenters. The Labute approximate surface area is 139 Å².